The fourth-order valence-corrected chi connectivity index (χ4v) is 4.58. The van der Waals surface area contributed by atoms with Gasteiger partial charge in [-0.1, -0.05) is 18.2 Å². The van der Waals surface area contributed by atoms with Crippen LogP contribution in [0.3, 0.4) is 0 Å². The first kappa shape index (κ1) is 26.6. The molecule has 8 heteroatoms. The predicted molar refractivity (Wildman–Crippen MR) is 146 cm³/mol. The Morgan fingerprint density at radius 1 is 1.18 bits per heavy atom. The topological polar surface area (TPSA) is 109 Å². The minimum atomic E-state index is -0.330. The molecule has 0 atom stereocenters. The lowest BCUT2D eigenvalue weighted by molar-refractivity contribution is 0.0713. The molecule has 2 aliphatic heterocycles. The summed E-state index contributed by atoms with van der Waals surface area (Å²) in [6.07, 6.45) is 6.55. The molecule has 0 unspecified atom stereocenters. The number of rotatable bonds is 6. The van der Waals surface area contributed by atoms with Gasteiger partial charge in [-0.3, -0.25) is 9.59 Å². The van der Waals surface area contributed by atoms with E-state index < -0.39 is 0 Å². The predicted octanol–water partition coefficient (Wildman–Crippen LogP) is 3.51. The van der Waals surface area contributed by atoms with E-state index >= 15 is 0 Å². The van der Waals surface area contributed by atoms with Crippen molar-refractivity contribution < 1.29 is 14.7 Å². The van der Waals surface area contributed by atoms with Crippen LogP contribution in [-0.2, 0) is 0 Å². The van der Waals surface area contributed by atoms with Gasteiger partial charge in [-0.15, -0.1) is 5.73 Å². The van der Waals surface area contributed by atoms with Crippen LogP contribution in [0, 0.1) is 18.3 Å². The Hall–Kier alpha value is -4.44. The lowest BCUT2D eigenvalue weighted by atomic mass is 9.88. The smallest absolute Gasteiger partial charge is 0.256 e. The average molecular weight is 510 g/mol. The number of nitrogens with one attached hydrogen (secondary N) is 1. The lowest BCUT2D eigenvalue weighted by Crippen LogP contribution is -2.38. The molecule has 0 saturated carbocycles. The van der Waals surface area contributed by atoms with Crippen LogP contribution in [0.1, 0.15) is 56.2 Å². The second-order valence-electron chi connectivity index (χ2n) is 9.46. The molecule has 2 aromatic rings. The van der Waals surface area contributed by atoms with Crippen LogP contribution in [-0.4, -0.2) is 65.8 Å². The van der Waals surface area contributed by atoms with Crippen molar-refractivity contribution in [2.24, 2.45) is 4.99 Å². The van der Waals surface area contributed by atoms with E-state index in [1.54, 1.807) is 41.5 Å². The highest BCUT2D eigenvalue weighted by atomic mass is 16.3. The molecule has 0 aromatic heterocycles. The number of amides is 2. The first-order valence-electron chi connectivity index (χ1n) is 12.6. The number of hydrogen-bond donors (Lipinski definition) is 2. The van der Waals surface area contributed by atoms with Gasteiger partial charge in [-0.25, -0.2) is 4.99 Å². The van der Waals surface area contributed by atoms with Gasteiger partial charge in [0.05, 0.1) is 30.1 Å². The number of allylic oxidation sites excluding steroid dienone is 1. The molecule has 2 aliphatic rings. The number of benzene rings is 2. The number of aliphatic imine (C=N–C) groups is 1. The highest BCUT2D eigenvalue weighted by Crippen LogP contribution is 2.29. The van der Waals surface area contributed by atoms with Crippen molar-refractivity contribution in [2.45, 2.75) is 25.7 Å². The van der Waals surface area contributed by atoms with E-state index in [1.165, 1.54) is 5.56 Å². The van der Waals surface area contributed by atoms with Gasteiger partial charge in [0.25, 0.3) is 11.8 Å². The van der Waals surface area contributed by atoms with E-state index in [2.05, 4.69) is 22.1 Å². The molecule has 194 valence electrons. The fourth-order valence-electron chi connectivity index (χ4n) is 4.58. The summed E-state index contributed by atoms with van der Waals surface area (Å²) in [4.78, 5) is 34.4. The minimum absolute atomic E-state index is 0.00383. The molecule has 1 fully saturated rings. The Labute approximate surface area is 222 Å². The van der Waals surface area contributed by atoms with E-state index in [0.29, 0.717) is 53.8 Å². The van der Waals surface area contributed by atoms with Gasteiger partial charge in [-0.05, 0) is 61.1 Å². The molecular weight excluding hydrogens is 478 g/mol. The maximum absolute atomic E-state index is 13.3. The number of aliphatic hydroxyl groups is 1. The zero-order valence-electron chi connectivity index (χ0n) is 21.6. The Morgan fingerprint density at radius 3 is 2.61 bits per heavy atom. The zero-order valence-corrected chi connectivity index (χ0v) is 21.6. The van der Waals surface area contributed by atoms with Crippen LogP contribution in [0.15, 0.2) is 77.2 Å². The third kappa shape index (κ3) is 6.27. The number of aryl methyl sites for hydroxylation is 1. The monoisotopic (exact) mass is 509 g/mol. The fraction of sp³-hybridized carbons (Fsp3) is 0.300. The van der Waals surface area contributed by atoms with E-state index in [0.717, 1.165) is 18.4 Å². The summed E-state index contributed by atoms with van der Waals surface area (Å²) in [5.74, 6) is 0.553. The molecule has 0 radical (unpaired) electrons. The summed E-state index contributed by atoms with van der Waals surface area (Å²) in [7, 11) is 1.81. The number of hydrogen-bond acceptors (Lipinski definition) is 6. The molecule has 8 nitrogen and oxygen atoms in total. The summed E-state index contributed by atoms with van der Waals surface area (Å²) >= 11 is 0. The third-order valence-electron chi connectivity index (χ3n) is 6.89. The molecule has 1 saturated heterocycles. The van der Waals surface area contributed by atoms with Gasteiger partial charge in [0.2, 0.25) is 0 Å². The summed E-state index contributed by atoms with van der Waals surface area (Å²) in [5.41, 5.74) is 6.97. The normalized spacial score (nSPS) is 15.3. The summed E-state index contributed by atoms with van der Waals surface area (Å²) in [6.45, 7) is 3.54. The molecule has 0 aliphatic carbocycles. The van der Waals surface area contributed by atoms with Crippen LogP contribution in [0.4, 0.5) is 0 Å². The number of likely N-dealkylation sites (N-methyl/N-ethyl adjacent to an activating group) is 1. The Kier molecular flexibility index (Phi) is 8.55. The second-order valence-corrected chi connectivity index (χ2v) is 9.46. The molecule has 0 spiro atoms. The van der Waals surface area contributed by atoms with Gasteiger partial charge < -0.3 is 20.2 Å². The highest BCUT2D eigenvalue weighted by Gasteiger charge is 2.25. The van der Waals surface area contributed by atoms with E-state index in [9.17, 15) is 9.59 Å². The van der Waals surface area contributed by atoms with E-state index in [4.69, 9.17) is 10.4 Å². The number of nitriles is 1. The molecule has 2 amide bonds. The summed E-state index contributed by atoms with van der Waals surface area (Å²) < 4.78 is 0. The van der Waals surface area contributed by atoms with Crippen LogP contribution in [0.5, 0.6) is 0 Å². The number of carbonyl (C=O) groups excluding carboxylic acids is 2. The maximum atomic E-state index is 13.3. The van der Waals surface area contributed by atoms with Crippen molar-refractivity contribution >= 4 is 17.6 Å². The average Bonchev–Trinajstić information content (AvgIpc) is 3.19. The van der Waals surface area contributed by atoms with Gasteiger partial charge in [0.1, 0.15) is 5.84 Å². The Bertz CT molecular complexity index is 1370. The van der Waals surface area contributed by atoms with Crippen molar-refractivity contribution in [2.75, 3.05) is 33.3 Å². The number of carbonyl (C=O) groups is 2. The number of nitrogens with zero attached hydrogens (tertiary/aromatic N) is 4. The van der Waals surface area contributed by atoms with Gasteiger partial charge in [-0.2, -0.15) is 5.26 Å². The van der Waals surface area contributed by atoms with E-state index in [1.807, 2.05) is 43.1 Å². The lowest BCUT2D eigenvalue weighted by Gasteiger charge is -2.32. The summed E-state index contributed by atoms with van der Waals surface area (Å²) in [5, 5.41) is 21.0. The Balaban J connectivity index is 1.41. The van der Waals surface area contributed by atoms with Crippen LogP contribution in [0.2, 0.25) is 0 Å². The van der Waals surface area contributed by atoms with Crippen molar-refractivity contribution in [1.29, 1.82) is 5.26 Å². The molecule has 38 heavy (non-hydrogen) atoms. The second kappa shape index (κ2) is 12.2. The first-order valence-corrected chi connectivity index (χ1v) is 12.6. The molecule has 2 heterocycles. The third-order valence-corrected chi connectivity index (χ3v) is 6.89. The molecule has 0 bridgehead atoms. The molecule has 4 rings (SSSR count). The number of aliphatic hydroxyl groups excluding tert-OH is 1. The standard InChI is InChI=1S/C30H31N5O3/c1-21-6-9-25(30(38)35-14-12-24(13-15-35)23-10-7-22(19-31)8-11-23)18-27(21)29(37)33-26-4-3-5-28(32-20-26)34(2)16-17-36/h4-11,18,20,24,36H,12-17H2,1-2H3,(H,33,37). The number of piperidine rings is 1. The van der Waals surface area contributed by atoms with Crippen LogP contribution < -0.4 is 5.32 Å². The molecule has 2 aromatic carbocycles. The van der Waals surface area contributed by atoms with Crippen molar-refractivity contribution in [1.82, 2.24) is 15.1 Å². The Morgan fingerprint density at radius 2 is 1.92 bits per heavy atom. The van der Waals surface area contributed by atoms with Gasteiger partial charge in [0.15, 0.2) is 0 Å². The van der Waals surface area contributed by atoms with E-state index in [-0.39, 0.29) is 18.4 Å². The molecule has 2 N–H and O–H groups in total. The van der Waals surface area contributed by atoms with Gasteiger partial charge >= 0.3 is 0 Å². The molecular formula is C30H31N5O3. The highest BCUT2D eigenvalue weighted by molar-refractivity contribution is 6.01. The van der Waals surface area contributed by atoms with Crippen molar-refractivity contribution in [3.8, 4) is 6.07 Å². The van der Waals surface area contributed by atoms with Gasteiger partial charge in [0, 0.05) is 50.0 Å². The zero-order chi connectivity index (χ0) is 27.1. The summed E-state index contributed by atoms with van der Waals surface area (Å²) in [6, 6.07) is 15.0. The first-order chi connectivity index (χ1) is 18.4. The van der Waals surface area contributed by atoms with Crippen LogP contribution >= 0.6 is 0 Å². The van der Waals surface area contributed by atoms with Crippen LogP contribution in [0.25, 0.3) is 0 Å². The maximum Gasteiger partial charge on any atom is 0.256 e. The van der Waals surface area contributed by atoms with Crippen molar-refractivity contribution in [3.63, 3.8) is 0 Å². The largest absolute Gasteiger partial charge is 0.395 e. The van der Waals surface area contributed by atoms with Crippen molar-refractivity contribution in [3.05, 3.63) is 100 Å². The number of amidine groups is 1. The quantitative estimate of drug-likeness (QED) is 0.580. The minimum Gasteiger partial charge on any atom is -0.395 e. The number of likely N-dealkylation sites (tertiary alicyclic amines) is 1. The SMILES string of the molecule is Cc1ccc(C(=O)N2CCC(c3ccc(C#N)cc3)CC2)cc1C(=O)NC1=CN=C(N(C)CCO)C=C=C1.